The van der Waals surface area contributed by atoms with Crippen LogP contribution in [0.2, 0.25) is 5.02 Å². The van der Waals surface area contributed by atoms with Gasteiger partial charge in [-0.05, 0) is 32.0 Å². The molecule has 0 saturated carbocycles. The second-order valence-corrected chi connectivity index (χ2v) is 8.36. The highest BCUT2D eigenvalue weighted by Gasteiger charge is 2.27. The number of benzene rings is 1. The van der Waals surface area contributed by atoms with Gasteiger partial charge in [0.2, 0.25) is 15.9 Å². The molecule has 0 unspecified atom stereocenters. The van der Waals surface area contributed by atoms with Gasteiger partial charge in [0.05, 0.1) is 24.2 Å². The Morgan fingerprint density at radius 3 is 2.58 bits per heavy atom. The molecule has 26 heavy (non-hydrogen) atoms. The van der Waals surface area contributed by atoms with Crippen molar-refractivity contribution in [2.24, 2.45) is 0 Å². The lowest BCUT2D eigenvalue weighted by Crippen LogP contribution is -2.24. The summed E-state index contributed by atoms with van der Waals surface area (Å²) in [5.41, 5.74) is 1.15. The smallest absolute Gasteiger partial charge is 0.246 e. The number of aryl methyl sites for hydroxylation is 1. The first-order valence-corrected chi connectivity index (χ1v) is 9.49. The van der Waals surface area contributed by atoms with E-state index in [1.807, 2.05) is 0 Å². The van der Waals surface area contributed by atoms with Crippen LogP contribution in [-0.2, 0) is 21.4 Å². The number of nitrogens with one attached hydrogen (secondary N) is 1. The van der Waals surface area contributed by atoms with Crippen LogP contribution in [0.4, 0.5) is 5.69 Å². The molecular weight excluding hydrogens is 380 g/mol. The van der Waals surface area contributed by atoms with E-state index in [4.69, 9.17) is 16.3 Å². The van der Waals surface area contributed by atoms with E-state index in [0.29, 0.717) is 27.8 Å². The number of hydrogen-bond acceptors (Lipinski definition) is 5. The van der Waals surface area contributed by atoms with Crippen LogP contribution in [0.15, 0.2) is 23.1 Å². The van der Waals surface area contributed by atoms with Crippen molar-refractivity contribution in [2.75, 3.05) is 26.5 Å². The quantitative estimate of drug-likeness (QED) is 0.800. The fraction of sp³-hybridized carbons (Fsp3) is 0.375. The summed E-state index contributed by atoms with van der Waals surface area (Å²) in [6.45, 7) is 3.06. The van der Waals surface area contributed by atoms with Gasteiger partial charge >= 0.3 is 0 Å². The van der Waals surface area contributed by atoms with E-state index >= 15 is 0 Å². The summed E-state index contributed by atoms with van der Waals surface area (Å²) in [5.74, 6) is 0.0805. The molecule has 0 aliphatic heterocycles. The Balaban J connectivity index is 2.28. The van der Waals surface area contributed by atoms with E-state index in [-0.39, 0.29) is 17.3 Å². The van der Waals surface area contributed by atoms with Crippen molar-refractivity contribution < 1.29 is 17.9 Å². The number of aromatic nitrogens is 2. The molecule has 1 heterocycles. The molecule has 10 heteroatoms. The van der Waals surface area contributed by atoms with Gasteiger partial charge in [0, 0.05) is 19.1 Å². The summed E-state index contributed by atoms with van der Waals surface area (Å²) in [7, 11) is 0.733. The normalized spacial score (nSPS) is 11.7. The molecular formula is C16H21ClN4O4S. The van der Waals surface area contributed by atoms with Gasteiger partial charge < -0.3 is 10.1 Å². The number of rotatable bonds is 6. The Hall–Kier alpha value is -2.10. The molecule has 8 nitrogen and oxygen atoms in total. The first-order chi connectivity index (χ1) is 12.1. The zero-order valence-electron chi connectivity index (χ0n) is 15.2. The van der Waals surface area contributed by atoms with Crippen molar-refractivity contribution in [3.05, 3.63) is 34.6 Å². The Morgan fingerprint density at radius 2 is 2.00 bits per heavy atom. The molecule has 1 aromatic carbocycles. The molecule has 1 amide bonds. The fourth-order valence-corrected chi connectivity index (χ4v) is 3.92. The van der Waals surface area contributed by atoms with E-state index in [1.165, 1.54) is 25.9 Å². The van der Waals surface area contributed by atoms with E-state index in [2.05, 4.69) is 10.4 Å². The summed E-state index contributed by atoms with van der Waals surface area (Å²) in [6.07, 6.45) is 0. The number of amides is 1. The molecule has 0 fully saturated rings. The summed E-state index contributed by atoms with van der Waals surface area (Å²) < 4.78 is 32.5. The molecule has 0 aliphatic rings. The predicted octanol–water partition coefficient (Wildman–Crippen LogP) is 2.05. The lowest BCUT2D eigenvalue weighted by molar-refractivity contribution is -0.117. The first kappa shape index (κ1) is 20.2. The van der Waals surface area contributed by atoms with Crippen LogP contribution in [0.5, 0.6) is 5.75 Å². The van der Waals surface area contributed by atoms with Gasteiger partial charge in [-0.1, -0.05) is 11.6 Å². The van der Waals surface area contributed by atoms with Crippen LogP contribution in [0.1, 0.15) is 11.4 Å². The number of methoxy groups -OCH3 is 1. The number of nitrogens with zero attached hydrogens (tertiary/aromatic N) is 3. The lowest BCUT2D eigenvalue weighted by Gasteiger charge is -2.12. The zero-order valence-corrected chi connectivity index (χ0v) is 16.8. The summed E-state index contributed by atoms with van der Waals surface area (Å²) in [6, 6.07) is 4.86. The Kier molecular flexibility index (Phi) is 5.94. The van der Waals surface area contributed by atoms with Crippen molar-refractivity contribution in [1.82, 2.24) is 14.1 Å². The molecule has 0 saturated heterocycles. The number of sulfonamides is 1. The highest BCUT2D eigenvalue weighted by atomic mass is 35.5. The Bertz CT molecular complexity index is 938. The predicted molar refractivity (Wildman–Crippen MR) is 99.2 cm³/mol. The van der Waals surface area contributed by atoms with Gasteiger partial charge in [0.15, 0.2) is 0 Å². The minimum Gasteiger partial charge on any atom is -0.495 e. The molecule has 0 radical (unpaired) electrons. The van der Waals surface area contributed by atoms with Gasteiger partial charge in [-0.15, -0.1) is 0 Å². The second kappa shape index (κ2) is 7.65. The van der Waals surface area contributed by atoms with Gasteiger partial charge in [0.1, 0.15) is 17.2 Å². The maximum Gasteiger partial charge on any atom is 0.246 e. The van der Waals surface area contributed by atoms with E-state index < -0.39 is 10.0 Å². The summed E-state index contributed by atoms with van der Waals surface area (Å²) >= 11 is 5.95. The van der Waals surface area contributed by atoms with Gasteiger partial charge in [0.25, 0.3) is 0 Å². The molecule has 0 aliphatic carbocycles. The van der Waals surface area contributed by atoms with Crippen molar-refractivity contribution in [3.63, 3.8) is 0 Å². The highest BCUT2D eigenvalue weighted by molar-refractivity contribution is 7.89. The molecule has 0 bridgehead atoms. The fourth-order valence-electron chi connectivity index (χ4n) is 2.49. The molecule has 2 aromatic rings. The van der Waals surface area contributed by atoms with Crippen LogP contribution in [0, 0.1) is 13.8 Å². The third-order valence-corrected chi connectivity index (χ3v) is 6.09. The summed E-state index contributed by atoms with van der Waals surface area (Å²) in [5, 5.41) is 7.34. The zero-order chi connectivity index (χ0) is 19.6. The number of ether oxygens (including phenoxy) is 1. The number of anilines is 1. The number of halogens is 1. The van der Waals surface area contributed by atoms with Crippen LogP contribution >= 0.6 is 11.6 Å². The third-order valence-electron chi connectivity index (χ3n) is 3.78. The second-order valence-electron chi connectivity index (χ2n) is 5.84. The van der Waals surface area contributed by atoms with Gasteiger partial charge in [-0.2, -0.15) is 5.10 Å². The summed E-state index contributed by atoms with van der Waals surface area (Å²) in [4.78, 5) is 12.5. The Morgan fingerprint density at radius 1 is 1.35 bits per heavy atom. The van der Waals surface area contributed by atoms with E-state index in [0.717, 1.165) is 4.31 Å². The number of carbonyl (C=O) groups excluding carboxylic acids is 1. The van der Waals surface area contributed by atoms with Crippen molar-refractivity contribution >= 4 is 33.2 Å². The lowest BCUT2D eigenvalue weighted by atomic mass is 10.3. The first-order valence-electron chi connectivity index (χ1n) is 7.67. The SMILES string of the molecule is COc1ccc(Cl)cc1NC(=O)Cn1nc(C)c(S(=O)(=O)N(C)C)c1C. The molecule has 1 aromatic heterocycles. The minimum atomic E-state index is -3.65. The van der Waals surface area contributed by atoms with Crippen LogP contribution in [0.25, 0.3) is 0 Å². The maximum absolute atomic E-state index is 12.4. The molecule has 2 rings (SSSR count). The van der Waals surface area contributed by atoms with Crippen LogP contribution in [-0.4, -0.2) is 49.6 Å². The third kappa shape index (κ3) is 4.00. The average molecular weight is 401 g/mol. The molecule has 142 valence electrons. The van der Waals surface area contributed by atoms with Crippen LogP contribution < -0.4 is 10.1 Å². The van der Waals surface area contributed by atoms with Crippen molar-refractivity contribution in [2.45, 2.75) is 25.3 Å². The number of hydrogen-bond donors (Lipinski definition) is 1. The number of carbonyl (C=O) groups is 1. The standard InChI is InChI=1S/C16H21ClN4O4S/c1-10-16(26(23,24)20(3)4)11(2)21(19-10)9-15(22)18-13-8-12(17)6-7-14(13)25-5/h6-8H,9H2,1-5H3,(H,18,22). The van der Waals surface area contributed by atoms with Crippen molar-refractivity contribution in [1.29, 1.82) is 0 Å². The minimum absolute atomic E-state index is 0.107. The highest BCUT2D eigenvalue weighted by Crippen LogP contribution is 2.28. The topological polar surface area (TPSA) is 93.5 Å². The molecule has 0 atom stereocenters. The van der Waals surface area contributed by atoms with Crippen molar-refractivity contribution in [3.8, 4) is 5.75 Å². The maximum atomic E-state index is 12.4. The Labute approximate surface area is 157 Å². The average Bonchev–Trinajstić information content (AvgIpc) is 2.81. The van der Waals surface area contributed by atoms with Crippen LogP contribution in [0.3, 0.4) is 0 Å². The molecule has 1 N–H and O–H groups in total. The van der Waals surface area contributed by atoms with Gasteiger partial charge in [-0.3, -0.25) is 9.48 Å². The van der Waals surface area contributed by atoms with Gasteiger partial charge in [-0.25, -0.2) is 12.7 Å². The van der Waals surface area contributed by atoms with E-state index in [1.54, 1.807) is 32.0 Å². The largest absolute Gasteiger partial charge is 0.495 e. The van der Waals surface area contributed by atoms with E-state index in [9.17, 15) is 13.2 Å². The monoisotopic (exact) mass is 400 g/mol. The molecule has 0 spiro atoms.